The summed E-state index contributed by atoms with van der Waals surface area (Å²) < 4.78 is 0. The minimum Gasteiger partial charge on any atom is -0.481 e. The van der Waals surface area contributed by atoms with Crippen molar-refractivity contribution in [3.8, 4) is 0 Å². The van der Waals surface area contributed by atoms with Crippen LogP contribution in [-0.4, -0.2) is 40.0 Å². The summed E-state index contributed by atoms with van der Waals surface area (Å²) in [5, 5.41) is 12.4. The lowest BCUT2D eigenvalue weighted by Crippen LogP contribution is -2.45. The summed E-state index contributed by atoms with van der Waals surface area (Å²) in [5.74, 6) is -1.33. The Bertz CT molecular complexity index is 1010. The maximum atomic E-state index is 13.3. The number of carboxylic acid groups (broad SMARTS) is 1. The number of carboxylic acids is 1. The predicted molar refractivity (Wildman–Crippen MR) is 100 cm³/mol. The van der Waals surface area contributed by atoms with Crippen LogP contribution >= 0.6 is 0 Å². The van der Waals surface area contributed by atoms with Crippen LogP contribution in [0.1, 0.15) is 23.7 Å². The lowest BCUT2D eigenvalue weighted by molar-refractivity contribution is -0.143. The van der Waals surface area contributed by atoms with Gasteiger partial charge in [0.25, 0.3) is 5.91 Å². The molecule has 132 valence electrons. The van der Waals surface area contributed by atoms with Crippen molar-refractivity contribution in [2.45, 2.75) is 13.3 Å². The van der Waals surface area contributed by atoms with Crippen LogP contribution in [0.25, 0.3) is 21.7 Å². The Morgan fingerprint density at radius 1 is 1.12 bits per heavy atom. The first kappa shape index (κ1) is 16.5. The summed E-state index contributed by atoms with van der Waals surface area (Å²) in [5.41, 5.74) is 1.21. The molecular weight excluding hydrogens is 328 g/mol. The zero-order chi connectivity index (χ0) is 18.3. The third-order valence-electron chi connectivity index (χ3n) is 5.14. The van der Waals surface area contributed by atoms with Crippen LogP contribution in [0.4, 0.5) is 0 Å². The highest BCUT2D eigenvalue weighted by Crippen LogP contribution is 2.30. The minimum absolute atomic E-state index is 0.141. The highest BCUT2D eigenvalue weighted by molar-refractivity contribution is 6.15. The molecule has 1 amide bonds. The van der Waals surface area contributed by atoms with Gasteiger partial charge in [-0.1, -0.05) is 37.3 Å². The zero-order valence-electron chi connectivity index (χ0n) is 14.6. The molecule has 5 nitrogen and oxygen atoms in total. The Labute approximate surface area is 151 Å². The largest absolute Gasteiger partial charge is 0.481 e. The van der Waals surface area contributed by atoms with Crippen LogP contribution in [0.15, 0.2) is 48.7 Å². The predicted octanol–water partition coefficient (Wildman–Crippen LogP) is 3.57. The van der Waals surface area contributed by atoms with Crippen LogP contribution in [0.3, 0.4) is 0 Å². The third-order valence-corrected chi connectivity index (χ3v) is 5.14. The number of likely N-dealkylation sites (tertiary alicyclic amines) is 1. The van der Waals surface area contributed by atoms with Gasteiger partial charge < -0.3 is 10.0 Å². The summed E-state index contributed by atoms with van der Waals surface area (Å²) in [6, 6.07) is 13.6. The zero-order valence-corrected chi connectivity index (χ0v) is 14.6. The van der Waals surface area contributed by atoms with Crippen molar-refractivity contribution in [1.82, 2.24) is 9.88 Å². The van der Waals surface area contributed by atoms with E-state index in [-0.39, 0.29) is 18.4 Å². The maximum absolute atomic E-state index is 13.3. The third kappa shape index (κ3) is 2.79. The Morgan fingerprint density at radius 2 is 1.88 bits per heavy atom. The second-order valence-corrected chi connectivity index (χ2v) is 7.13. The van der Waals surface area contributed by atoms with Crippen molar-refractivity contribution in [2.24, 2.45) is 11.8 Å². The number of amides is 1. The van der Waals surface area contributed by atoms with Crippen LogP contribution < -0.4 is 0 Å². The van der Waals surface area contributed by atoms with Crippen molar-refractivity contribution in [2.75, 3.05) is 13.1 Å². The van der Waals surface area contributed by atoms with Gasteiger partial charge in [0.05, 0.1) is 17.0 Å². The number of fused-ring (bicyclic) bond motifs is 3. The van der Waals surface area contributed by atoms with Gasteiger partial charge >= 0.3 is 5.97 Å². The number of carbonyl (C=O) groups is 2. The van der Waals surface area contributed by atoms with Gasteiger partial charge in [-0.2, -0.15) is 0 Å². The van der Waals surface area contributed by atoms with Crippen molar-refractivity contribution < 1.29 is 14.7 Å². The van der Waals surface area contributed by atoms with E-state index in [0.717, 1.165) is 16.2 Å². The molecule has 1 N–H and O–H groups in total. The van der Waals surface area contributed by atoms with Crippen molar-refractivity contribution in [1.29, 1.82) is 0 Å². The van der Waals surface area contributed by atoms with E-state index in [1.54, 1.807) is 11.1 Å². The maximum Gasteiger partial charge on any atom is 0.308 e. The summed E-state index contributed by atoms with van der Waals surface area (Å²) in [6.07, 6.45) is 2.29. The molecule has 2 unspecified atom stereocenters. The number of hydrogen-bond donors (Lipinski definition) is 1. The van der Waals surface area contributed by atoms with E-state index in [1.807, 2.05) is 49.4 Å². The average molecular weight is 348 g/mol. The van der Waals surface area contributed by atoms with E-state index in [4.69, 9.17) is 0 Å². The molecule has 2 heterocycles. The first-order valence-corrected chi connectivity index (χ1v) is 8.83. The fraction of sp³-hybridized carbons (Fsp3) is 0.286. The summed E-state index contributed by atoms with van der Waals surface area (Å²) in [6.45, 7) is 2.82. The van der Waals surface area contributed by atoms with E-state index < -0.39 is 11.9 Å². The van der Waals surface area contributed by atoms with Crippen molar-refractivity contribution in [3.63, 3.8) is 0 Å². The van der Waals surface area contributed by atoms with Crippen molar-refractivity contribution >= 4 is 33.6 Å². The van der Waals surface area contributed by atoms with Gasteiger partial charge in [-0.15, -0.1) is 0 Å². The van der Waals surface area contributed by atoms with E-state index >= 15 is 0 Å². The van der Waals surface area contributed by atoms with Crippen LogP contribution in [-0.2, 0) is 4.79 Å². The number of pyridine rings is 1. The van der Waals surface area contributed by atoms with Crippen molar-refractivity contribution in [3.05, 3.63) is 54.2 Å². The number of hydrogen-bond acceptors (Lipinski definition) is 3. The van der Waals surface area contributed by atoms with Gasteiger partial charge in [-0.25, -0.2) is 0 Å². The summed E-state index contributed by atoms with van der Waals surface area (Å²) >= 11 is 0. The first-order chi connectivity index (χ1) is 12.5. The number of carbonyl (C=O) groups excluding carboxylic acids is 1. The number of aromatic nitrogens is 1. The highest BCUT2D eigenvalue weighted by atomic mass is 16.4. The molecule has 1 fully saturated rings. The normalized spacial score (nSPS) is 20.4. The Morgan fingerprint density at radius 3 is 2.69 bits per heavy atom. The van der Waals surface area contributed by atoms with Gasteiger partial charge in [0.1, 0.15) is 0 Å². The van der Waals surface area contributed by atoms with Gasteiger partial charge in [-0.05, 0) is 35.2 Å². The Kier molecular flexibility index (Phi) is 4.07. The van der Waals surface area contributed by atoms with Gasteiger partial charge in [0, 0.05) is 24.7 Å². The Balaban J connectivity index is 1.82. The van der Waals surface area contributed by atoms with Crippen LogP contribution in [0.2, 0.25) is 0 Å². The second kappa shape index (κ2) is 6.41. The topological polar surface area (TPSA) is 70.5 Å². The minimum atomic E-state index is -0.837. The quantitative estimate of drug-likeness (QED) is 0.719. The molecule has 0 bridgehead atoms. The SMILES string of the molecule is CC1CC(C(=O)O)CN(C(=O)c2cc3ccccc3c3cccnc23)C1. The smallest absolute Gasteiger partial charge is 0.308 e. The molecule has 0 saturated carbocycles. The molecule has 26 heavy (non-hydrogen) atoms. The molecule has 0 spiro atoms. The molecule has 4 rings (SSSR count). The highest BCUT2D eigenvalue weighted by Gasteiger charge is 2.33. The molecule has 2 aromatic carbocycles. The van der Waals surface area contributed by atoms with Gasteiger partial charge in [0.15, 0.2) is 0 Å². The first-order valence-electron chi connectivity index (χ1n) is 8.83. The molecule has 5 heteroatoms. The van der Waals surface area contributed by atoms with E-state index in [2.05, 4.69) is 4.98 Å². The van der Waals surface area contributed by atoms with E-state index in [0.29, 0.717) is 24.0 Å². The fourth-order valence-corrected chi connectivity index (χ4v) is 3.96. The molecule has 1 aliphatic rings. The fourth-order valence-electron chi connectivity index (χ4n) is 3.96. The lowest BCUT2D eigenvalue weighted by Gasteiger charge is -2.34. The number of nitrogens with zero attached hydrogens (tertiary/aromatic N) is 2. The molecule has 1 aliphatic heterocycles. The van der Waals surface area contributed by atoms with Gasteiger partial charge in [-0.3, -0.25) is 14.6 Å². The Hall–Kier alpha value is -2.95. The number of piperidine rings is 1. The molecule has 3 aromatic rings. The summed E-state index contributed by atoms with van der Waals surface area (Å²) in [4.78, 5) is 30.8. The number of rotatable bonds is 2. The molecule has 0 aliphatic carbocycles. The van der Waals surface area contributed by atoms with Crippen LogP contribution in [0.5, 0.6) is 0 Å². The standard InChI is InChI=1S/C21H20N2O3/c1-13-9-15(21(25)26)12-23(11-13)20(24)18-10-14-5-2-3-6-16(14)17-7-4-8-22-19(17)18/h2-8,10,13,15H,9,11-12H2,1H3,(H,25,26). The molecule has 1 saturated heterocycles. The molecule has 1 aromatic heterocycles. The lowest BCUT2D eigenvalue weighted by atomic mass is 9.90. The van der Waals surface area contributed by atoms with E-state index in [1.165, 1.54) is 0 Å². The molecule has 2 atom stereocenters. The number of benzene rings is 2. The van der Waals surface area contributed by atoms with Crippen LogP contribution in [0, 0.1) is 11.8 Å². The number of aliphatic carboxylic acids is 1. The van der Waals surface area contributed by atoms with E-state index in [9.17, 15) is 14.7 Å². The monoisotopic (exact) mass is 348 g/mol. The van der Waals surface area contributed by atoms with Gasteiger partial charge in [0.2, 0.25) is 0 Å². The summed E-state index contributed by atoms with van der Waals surface area (Å²) in [7, 11) is 0. The molecular formula is C21H20N2O3. The second-order valence-electron chi connectivity index (χ2n) is 7.13. The average Bonchev–Trinajstić information content (AvgIpc) is 2.66. The molecule has 0 radical (unpaired) electrons.